The molecule has 0 saturated heterocycles. The van der Waals surface area contributed by atoms with Crippen LogP contribution >= 0.6 is 0 Å². The average Bonchev–Trinajstić information content (AvgIpc) is 2.46. The molecule has 0 radical (unpaired) electrons. The summed E-state index contributed by atoms with van der Waals surface area (Å²) in [6, 6.07) is 1.09. The van der Waals surface area contributed by atoms with E-state index in [-0.39, 0.29) is 5.91 Å². The van der Waals surface area contributed by atoms with E-state index in [1.807, 2.05) is 11.9 Å². The van der Waals surface area contributed by atoms with Crippen molar-refractivity contribution in [1.29, 1.82) is 0 Å². The Balaban J connectivity index is 1.69. The molecule has 18 heavy (non-hydrogen) atoms. The molecule has 0 bridgehead atoms. The molecule has 0 aromatic carbocycles. The van der Waals surface area contributed by atoms with Crippen molar-refractivity contribution >= 4 is 5.91 Å². The first-order chi connectivity index (χ1) is 8.77. The molecular weight excluding hydrogens is 224 g/mol. The van der Waals surface area contributed by atoms with E-state index in [2.05, 4.69) is 5.32 Å². The summed E-state index contributed by atoms with van der Waals surface area (Å²) in [6.45, 7) is 0.539. The van der Waals surface area contributed by atoms with Crippen molar-refractivity contribution in [3.63, 3.8) is 0 Å². The number of hydrogen-bond acceptors (Lipinski definition) is 2. The summed E-state index contributed by atoms with van der Waals surface area (Å²) in [6.07, 6.45) is 12.8. The maximum Gasteiger partial charge on any atom is 0.236 e. The van der Waals surface area contributed by atoms with Crippen LogP contribution in [0.25, 0.3) is 0 Å². The number of nitrogens with zero attached hydrogens (tertiary/aromatic N) is 1. The highest BCUT2D eigenvalue weighted by molar-refractivity contribution is 5.78. The Kier molecular flexibility index (Phi) is 5.48. The fourth-order valence-electron chi connectivity index (χ4n) is 3.34. The zero-order valence-corrected chi connectivity index (χ0v) is 11.8. The second-order valence-electron chi connectivity index (χ2n) is 6.01. The van der Waals surface area contributed by atoms with E-state index in [9.17, 15) is 4.79 Å². The van der Waals surface area contributed by atoms with Gasteiger partial charge in [-0.1, -0.05) is 38.5 Å². The largest absolute Gasteiger partial charge is 0.342 e. The van der Waals surface area contributed by atoms with Crippen LogP contribution in [0.5, 0.6) is 0 Å². The molecule has 2 rings (SSSR count). The lowest BCUT2D eigenvalue weighted by molar-refractivity contribution is -0.131. The van der Waals surface area contributed by atoms with Crippen molar-refractivity contribution in [3.05, 3.63) is 0 Å². The lowest BCUT2D eigenvalue weighted by atomic mass is 9.94. The molecule has 1 amide bonds. The van der Waals surface area contributed by atoms with Gasteiger partial charge in [-0.3, -0.25) is 4.79 Å². The molecule has 0 unspecified atom stereocenters. The van der Waals surface area contributed by atoms with Crippen LogP contribution in [-0.4, -0.2) is 36.5 Å². The van der Waals surface area contributed by atoms with Crippen LogP contribution in [0.3, 0.4) is 0 Å². The fourth-order valence-corrected chi connectivity index (χ4v) is 3.34. The van der Waals surface area contributed by atoms with Crippen LogP contribution in [0, 0.1) is 0 Å². The molecule has 2 fully saturated rings. The molecule has 0 aromatic rings. The molecule has 2 aliphatic rings. The van der Waals surface area contributed by atoms with Gasteiger partial charge in [0.2, 0.25) is 5.91 Å². The minimum Gasteiger partial charge on any atom is -0.342 e. The minimum atomic E-state index is 0.285. The summed E-state index contributed by atoms with van der Waals surface area (Å²) in [5, 5.41) is 3.45. The summed E-state index contributed by atoms with van der Waals surface area (Å²) >= 11 is 0. The van der Waals surface area contributed by atoms with Crippen LogP contribution in [-0.2, 0) is 4.79 Å². The normalized spacial score (nSPS) is 22.9. The Hall–Kier alpha value is -0.570. The second kappa shape index (κ2) is 7.13. The van der Waals surface area contributed by atoms with Gasteiger partial charge in [-0.05, 0) is 25.7 Å². The van der Waals surface area contributed by atoms with Crippen molar-refractivity contribution in [3.8, 4) is 0 Å². The fraction of sp³-hybridized carbons (Fsp3) is 0.933. The van der Waals surface area contributed by atoms with Gasteiger partial charge in [-0.25, -0.2) is 0 Å². The Morgan fingerprint density at radius 1 is 1.00 bits per heavy atom. The smallest absolute Gasteiger partial charge is 0.236 e. The van der Waals surface area contributed by atoms with E-state index < -0.39 is 0 Å². The highest BCUT2D eigenvalue weighted by Gasteiger charge is 2.22. The third-order valence-electron chi connectivity index (χ3n) is 4.66. The van der Waals surface area contributed by atoms with E-state index in [0.717, 1.165) is 0 Å². The molecule has 2 aliphatic carbocycles. The van der Waals surface area contributed by atoms with Crippen molar-refractivity contribution in [2.24, 2.45) is 0 Å². The molecule has 1 N–H and O–H groups in total. The molecule has 0 spiro atoms. The van der Waals surface area contributed by atoms with E-state index in [1.165, 1.54) is 64.2 Å². The standard InChI is InChI=1S/C15H28N2O/c1-17(14-10-6-3-7-11-14)15(18)12-16-13-8-4-2-5-9-13/h13-14,16H,2-12H2,1H3. The summed E-state index contributed by atoms with van der Waals surface area (Å²) in [4.78, 5) is 14.1. The van der Waals surface area contributed by atoms with Gasteiger partial charge in [-0.15, -0.1) is 0 Å². The molecule has 0 heterocycles. The Morgan fingerprint density at radius 2 is 1.56 bits per heavy atom. The molecular formula is C15H28N2O. The van der Waals surface area contributed by atoms with Gasteiger partial charge in [0, 0.05) is 19.1 Å². The lowest BCUT2D eigenvalue weighted by Crippen LogP contribution is -2.45. The molecule has 2 saturated carbocycles. The van der Waals surface area contributed by atoms with E-state index in [0.29, 0.717) is 18.6 Å². The van der Waals surface area contributed by atoms with Gasteiger partial charge >= 0.3 is 0 Å². The zero-order valence-electron chi connectivity index (χ0n) is 11.8. The number of carbonyl (C=O) groups excluding carboxylic acids is 1. The van der Waals surface area contributed by atoms with E-state index >= 15 is 0 Å². The van der Waals surface area contributed by atoms with E-state index in [1.54, 1.807) is 0 Å². The Labute approximate surface area is 111 Å². The van der Waals surface area contributed by atoms with Gasteiger partial charge < -0.3 is 10.2 Å². The van der Waals surface area contributed by atoms with Gasteiger partial charge in [0.25, 0.3) is 0 Å². The summed E-state index contributed by atoms with van der Waals surface area (Å²) in [5.74, 6) is 0.285. The molecule has 3 nitrogen and oxygen atoms in total. The van der Waals surface area contributed by atoms with Crippen LogP contribution in [0.4, 0.5) is 0 Å². The molecule has 3 heteroatoms. The number of nitrogens with one attached hydrogen (secondary N) is 1. The SMILES string of the molecule is CN(C(=O)CNC1CCCCC1)C1CCCCC1. The van der Waals surface area contributed by atoms with Gasteiger partial charge in [-0.2, -0.15) is 0 Å². The highest BCUT2D eigenvalue weighted by atomic mass is 16.2. The number of carbonyl (C=O) groups is 1. The van der Waals surface area contributed by atoms with Crippen LogP contribution in [0.1, 0.15) is 64.2 Å². The van der Waals surface area contributed by atoms with E-state index in [4.69, 9.17) is 0 Å². The summed E-state index contributed by atoms with van der Waals surface area (Å²) < 4.78 is 0. The lowest BCUT2D eigenvalue weighted by Gasteiger charge is -2.32. The first kappa shape index (κ1) is 13.9. The monoisotopic (exact) mass is 252 g/mol. The maximum absolute atomic E-state index is 12.1. The average molecular weight is 252 g/mol. The molecule has 0 aromatic heterocycles. The Bertz CT molecular complexity index is 255. The topological polar surface area (TPSA) is 32.3 Å². The third kappa shape index (κ3) is 3.98. The van der Waals surface area contributed by atoms with Crippen molar-refractivity contribution in [2.45, 2.75) is 76.3 Å². The quantitative estimate of drug-likeness (QED) is 0.834. The van der Waals surface area contributed by atoms with Crippen molar-refractivity contribution in [2.75, 3.05) is 13.6 Å². The van der Waals surface area contributed by atoms with Crippen LogP contribution in [0.2, 0.25) is 0 Å². The molecule has 0 atom stereocenters. The predicted molar refractivity (Wildman–Crippen MR) is 74.5 cm³/mol. The van der Waals surface area contributed by atoms with Crippen LogP contribution in [0.15, 0.2) is 0 Å². The summed E-state index contributed by atoms with van der Waals surface area (Å²) in [7, 11) is 1.99. The predicted octanol–water partition coefficient (Wildman–Crippen LogP) is 2.70. The van der Waals surface area contributed by atoms with Crippen molar-refractivity contribution in [1.82, 2.24) is 10.2 Å². The van der Waals surface area contributed by atoms with Gasteiger partial charge in [0.05, 0.1) is 6.54 Å². The Morgan fingerprint density at radius 3 is 2.17 bits per heavy atom. The van der Waals surface area contributed by atoms with Crippen LogP contribution < -0.4 is 5.32 Å². The number of likely N-dealkylation sites (N-methyl/N-ethyl adjacent to an activating group) is 1. The second-order valence-corrected chi connectivity index (χ2v) is 6.01. The number of amides is 1. The van der Waals surface area contributed by atoms with Crippen molar-refractivity contribution < 1.29 is 4.79 Å². The van der Waals surface area contributed by atoms with Gasteiger partial charge in [0.15, 0.2) is 0 Å². The first-order valence-corrected chi connectivity index (χ1v) is 7.76. The highest BCUT2D eigenvalue weighted by Crippen LogP contribution is 2.21. The first-order valence-electron chi connectivity index (χ1n) is 7.76. The third-order valence-corrected chi connectivity index (χ3v) is 4.66. The summed E-state index contributed by atoms with van der Waals surface area (Å²) in [5.41, 5.74) is 0. The number of rotatable bonds is 4. The maximum atomic E-state index is 12.1. The minimum absolute atomic E-state index is 0.285. The zero-order chi connectivity index (χ0) is 12.8. The number of hydrogen-bond donors (Lipinski definition) is 1. The molecule has 104 valence electrons. The van der Waals surface area contributed by atoms with Gasteiger partial charge in [0.1, 0.15) is 0 Å². The molecule has 0 aliphatic heterocycles.